The summed E-state index contributed by atoms with van der Waals surface area (Å²) in [6.07, 6.45) is 17.9. The molecule has 0 amide bonds. The average Bonchev–Trinajstić information content (AvgIpc) is 2.77. The molecule has 0 saturated heterocycles. The van der Waals surface area contributed by atoms with E-state index in [1.165, 1.54) is 93.7 Å². The van der Waals surface area contributed by atoms with Gasteiger partial charge in [-0.2, -0.15) is 0 Å². The number of hydrogen-bond donors (Lipinski definition) is 0. The van der Waals surface area contributed by atoms with Crippen molar-refractivity contribution in [2.24, 2.45) is 0 Å². The van der Waals surface area contributed by atoms with E-state index in [1.54, 1.807) is 11.1 Å². The minimum Gasteiger partial charge on any atom is -0.0654 e. The van der Waals surface area contributed by atoms with Crippen LogP contribution in [0.2, 0.25) is 0 Å². The minimum atomic E-state index is 0.611. The maximum Gasteiger partial charge on any atom is 0.00951 e. The number of benzene rings is 2. The van der Waals surface area contributed by atoms with E-state index in [2.05, 4.69) is 70.2 Å². The Morgan fingerprint density at radius 3 is 1.83 bits per heavy atom. The molecule has 0 heterocycles. The van der Waals surface area contributed by atoms with E-state index in [9.17, 15) is 0 Å². The lowest BCUT2D eigenvalue weighted by molar-refractivity contribution is 0.572. The predicted molar refractivity (Wildman–Crippen MR) is 135 cm³/mol. The molecule has 0 aromatic heterocycles. The Hall–Kier alpha value is -1.56. The summed E-state index contributed by atoms with van der Waals surface area (Å²) < 4.78 is 0. The maximum absolute atomic E-state index is 2.41. The first kappa shape index (κ1) is 24.7. The fourth-order valence-corrected chi connectivity index (χ4v) is 4.71. The molecular weight excluding hydrogens is 360 g/mol. The predicted octanol–water partition coefficient (Wildman–Crippen LogP) is 9.76. The van der Waals surface area contributed by atoms with Crippen LogP contribution in [-0.4, -0.2) is 0 Å². The molecule has 30 heavy (non-hydrogen) atoms. The SMILES string of the molecule is CCCCC1c2ccccc2Cc2ccc(C)cc21.CCCCCCCCCCC. The first-order valence-corrected chi connectivity index (χ1v) is 12.9. The number of unbranched alkanes of at least 4 members (excludes halogenated alkanes) is 9. The largest absolute Gasteiger partial charge is 0.0654 e. The fourth-order valence-electron chi connectivity index (χ4n) is 4.71. The van der Waals surface area contributed by atoms with Crippen molar-refractivity contribution in [3.05, 3.63) is 70.3 Å². The van der Waals surface area contributed by atoms with Gasteiger partial charge in [-0.15, -0.1) is 0 Å². The summed E-state index contributed by atoms with van der Waals surface area (Å²) >= 11 is 0. The Bertz CT molecular complexity index is 704. The molecule has 3 rings (SSSR count). The van der Waals surface area contributed by atoms with Gasteiger partial charge in [-0.25, -0.2) is 0 Å². The summed E-state index contributed by atoms with van der Waals surface area (Å²) in [6.45, 7) is 9.04. The van der Waals surface area contributed by atoms with Gasteiger partial charge in [0, 0.05) is 5.92 Å². The zero-order chi connectivity index (χ0) is 21.6. The normalized spacial score (nSPS) is 14.5. The molecule has 0 aliphatic heterocycles. The topological polar surface area (TPSA) is 0 Å². The van der Waals surface area contributed by atoms with Gasteiger partial charge in [0.15, 0.2) is 0 Å². The summed E-state index contributed by atoms with van der Waals surface area (Å²) in [5.41, 5.74) is 7.59. The summed E-state index contributed by atoms with van der Waals surface area (Å²) in [4.78, 5) is 0. The van der Waals surface area contributed by atoms with Gasteiger partial charge in [0.25, 0.3) is 0 Å². The summed E-state index contributed by atoms with van der Waals surface area (Å²) in [6, 6.07) is 16.0. The molecule has 0 heteroatoms. The molecular formula is C30H46. The zero-order valence-corrected chi connectivity index (χ0v) is 20.3. The van der Waals surface area contributed by atoms with Crippen LogP contribution in [0, 0.1) is 6.92 Å². The van der Waals surface area contributed by atoms with Crippen molar-refractivity contribution in [2.75, 3.05) is 0 Å². The van der Waals surface area contributed by atoms with Crippen LogP contribution in [0.3, 0.4) is 0 Å². The Labute approximate surface area is 187 Å². The Morgan fingerprint density at radius 2 is 1.20 bits per heavy atom. The molecule has 2 aromatic rings. The molecule has 0 fully saturated rings. The third-order valence-electron chi connectivity index (χ3n) is 6.54. The van der Waals surface area contributed by atoms with Crippen molar-refractivity contribution >= 4 is 0 Å². The lowest BCUT2D eigenvalue weighted by Gasteiger charge is -2.29. The summed E-state index contributed by atoms with van der Waals surface area (Å²) in [5.74, 6) is 0.611. The lowest BCUT2D eigenvalue weighted by atomic mass is 9.75. The molecule has 0 saturated carbocycles. The van der Waals surface area contributed by atoms with Crippen molar-refractivity contribution in [1.29, 1.82) is 0 Å². The Morgan fingerprint density at radius 1 is 0.633 bits per heavy atom. The third kappa shape index (κ3) is 7.93. The molecule has 0 bridgehead atoms. The van der Waals surface area contributed by atoms with E-state index >= 15 is 0 Å². The maximum atomic E-state index is 2.41. The van der Waals surface area contributed by atoms with E-state index in [1.807, 2.05) is 0 Å². The molecule has 1 unspecified atom stereocenters. The highest BCUT2D eigenvalue weighted by Crippen LogP contribution is 2.39. The van der Waals surface area contributed by atoms with E-state index < -0.39 is 0 Å². The second-order valence-corrected chi connectivity index (χ2v) is 9.25. The standard InChI is InChI=1S/C19H22.C11H24/c1-3-4-8-18-17-9-6-5-7-15(17)13-16-11-10-14(2)12-19(16)18;1-3-5-7-9-11-10-8-6-4-2/h5-7,9-12,18H,3-4,8,13H2,1-2H3;3-11H2,1-2H3. The van der Waals surface area contributed by atoms with E-state index in [4.69, 9.17) is 0 Å². The van der Waals surface area contributed by atoms with Crippen LogP contribution in [0.4, 0.5) is 0 Å². The number of fused-ring (bicyclic) bond motifs is 2. The molecule has 0 nitrogen and oxygen atoms in total. The zero-order valence-electron chi connectivity index (χ0n) is 20.3. The van der Waals surface area contributed by atoms with Crippen LogP contribution in [0.1, 0.15) is 132 Å². The van der Waals surface area contributed by atoms with Gasteiger partial charge in [0.1, 0.15) is 0 Å². The van der Waals surface area contributed by atoms with Crippen molar-refractivity contribution < 1.29 is 0 Å². The highest BCUT2D eigenvalue weighted by atomic mass is 14.3. The average molecular weight is 407 g/mol. The van der Waals surface area contributed by atoms with Gasteiger partial charge in [-0.3, -0.25) is 0 Å². The van der Waals surface area contributed by atoms with Crippen LogP contribution < -0.4 is 0 Å². The van der Waals surface area contributed by atoms with Gasteiger partial charge in [-0.05, 0) is 42.0 Å². The first-order valence-electron chi connectivity index (χ1n) is 12.9. The monoisotopic (exact) mass is 406 g/mol. The highest BCUT2D eigenvalue weighted by Gasteiger charge is 2.24. The van der Waals surface area contributed by atoms with Gasteiger partial charge in [0.05, 0.1) is 0 Å². The number of aryl methyl sites for hydroxylation is 1. The third-order valence-corrected chi connectivity index (χ3v) is 6.54. The van der Waals surface area contributed by atoms with Crippen molar-refractivity contribution in [3.8, 4) is 0 Å². The van der Waals surface area contributed by atoms with Gasteiger partial charge in [-0.1, -0.05) is 139 Å². The molecule has 166 valence electrons. The van der Waals surface area contributed by atoms with Crippen LogP contribution in [0.5, 0.6) is 0 Å². The van der Waals surface area contributed by atoms with Gasteiger partial charge >= 0.3 is 0 Å². The van der Waals surface area contributed by atoms with Crippen molar-refractivity contribution in [1.82, 2.24) is 0 Å². The minimum absolute atomic E-state index is 0.611. The molecule has 1 aliphatic carbocycles. The van der Waals surface area contributed by atoms with Gasteiger partial charge < -0.3 is 0 Å². The van der Waals surface area contributed by atoms with Crippen LogP contribution in [0.15, 0.2) is 42.5 Å². The number of rotatable bonds is 11. The molecule has 1 aliphatic rings. The van der Waals surface area contributed by atoms with Crippen LogP contribution in [-0.2, 0) is 6.42 Å². The Balaban J connectivity index is 0.000000252. The first-order chi connectivity index (χ1) is 14.7. The van der Waals surface area contributed by atoms with Gasteiger partial charge in [0.2, 0.25) is 0 Å². The Kier molecular flexibility index (Phi) is 11.9. The molecule has 0 N–H and O–H groups in total. The molecule has 0 radical (unpaired) electrons. The smallest absolute Gasteiger partial charge is 0.00951 e. The van der Waals surface area contributed by atoms with E-state index in [0.29, 0.717) is 5.92 Å². The number of hydrogen-bond acceptors (Lipinski definition) is 0. The summed E-state index contributed by atoms with van der Waals surface area (Å²) in [5, 5.41) is 0. The summed E-state index contributed by atoms with van der Waals surface area (Å²) in [7, 11) is 0. The highest BCUT2D eigenvalue weighted by molar-refractivity contribution is 5.50. The van der Waals surface area contributed by atoms with Crippen molar-refractivity contribution in [2.45, 2.75) is 117 Å². The van der Waals surface area contributed by atoms with E-state index in [-0.39, 0.29) is 0 Å². The quantitative estimate of drug-likeness (QED) is 0.326. The van der Waals surface area contributed by atoms with Crippen LogP contribution in [0.25, 0.3) is 0 Å². The molecule has 2 aromatic carbocycles. The van der Waals surface area contributed by atoms with E-state index in [0.717, 1.165) is 6.42 Å². The second-order valence-electron chi connectivity index (χ2n) is 9.25. The fraction of sp³-hybridized carbons (Fsp3) is 0.600. The van der Waals surface area contributed by atoms with Crippen LogP contribution >= 0.6 is 0 Å². The molecule has 1 atom stereocenters. The second kappa shape index (κ2) is 14.4. The lowest BCUT2D eigenvalue weighted by Crippen LogP contribution is -2.14. The van der Waals surface area contributed by atoms with Crippen molar-refractivity contribution in [3.63, 3.8) is 0 Å². The molecule has 0 spiro atoms.